The molecule has 1 amide bonds. The van der Waals surface area contributed by atoms with Crippen LogP contribution in [0.5, 0.6) is 0 Å². The number of carbonyl (C=O) groups excluding carboxylic acids is 5. The summed E-state index contributed by atoms with van der Waals surface area (Å²) >= 11 is 0. The molecule has 0 aromatic rings. The predicted octanol–water partition coefficient (Wildman–Crippen LogP) is -0.131. The van der Waals surface area contributed by atoms with Gasteiger partial charge in [0.1, 0.15) is 18.8 Å². The predicted molar refractivity (Wildman–Crippen MR) is 89.0 cm³/mol. The molecule has 27 heavy (non-hydrogen) atoms. The highest BCUT2D eigenvalue weighted by Gasteiger charge is 2.52. The zero-order valence-corrected chi connectivity index (χ0v) is 16.0. The summed E-state index contributed by atoms with van der Waals surface area (Å²) in [5.74, 6) is -3.46. The van der Waals surface area contributed by atoms with Gasteiger partial charge in [0.15, 0.2) is 6.10 Å². The molecule has 1 aliphatic carbocycles. The largest absolute Gasteiger partial charge is 0.464 e. The number of hydrogen-bond donors (Lipinski definition) is 1. The third kappa shape index (κ3) is 7.24. The minimum Gasteiger partial charge on any atom is -0.464 e. The molecule has 1 aliphatic rings. The fraction of sp³-hybridized carbons (Fsp3) is 0.706. The number of ether oxygens (including phenoxy) is 4. The van der Waals surface area contributed by atoms with Crippen molar-refractivity contribution in [2.45, 2.75) is 65.4 Å². The van der Waals surface area contributed by atoms with Gasteiger partial charge in [0.05, 0.1) is 6.04 Å². The maximum Gasteiger partial charge on any atom is 0.303 e. The molecule has 0 unspecified atom stereocenters. The van der Waals surface area contributed by atoms with Crippen LogP contribution in [0.1, 0.15) is 41.0 Å². The Labute approximate surface area is 156 Å². The van der Waals surface area contributed by atoms with Crippen molar-refractivity contribution in [3.63, 3.8) is 0 Å². The van der Waals surface area contributed by atoms with E-state index in [0.717, 1.165) is 0 Å². The van der Waals surface area contributed by atoms with Gasteiger partial charge in [-0.2, -0.15) is 0 Å². The van der Waals surface area contributed by atoms with Gasteiger partial charge in [-0.05, 0) is 6.42 Å². The van der Waals surface area contributed by atoms with E-state index in [-0.39, 0.29) is 13.0 Å². The van der Waals surface area contributed by atoms with Crippen LogP contribution in [-0.4, -0.2) is 60.7 Å². The number of nitrogens with one attached hydrogen (secondary N) is 1. The lowest BCUT2D eigenvalue weighted by molar-refractivity contribution is -0.176. The number of amides is 1. The topological polar surface area (TPSA) is 134 Å². The van der Waals surface area contributed by atoms with Gasteiger partial charge in [0, 0.05) is 40.5 Å². The molecule has 0 saturated heterocycles. The van der Waals surface area contributed by atoms with Crippen molar-refractivity contribution < 1.29 is 42.9 Å². The summed E-state index contributed by atoms with van der Waals surface area (Å²) in [6.07, 6.45) is -2.80. The number of carbonyl (C=O) groups is 5. The molecule has 0 aromatic carbocycles. The molecule has 10 nitrogen and oxygen atoms in total. The molecule has 1 fully saturated rings. The summed E-state index contributed by atoms with van der Waals surface area (Å²) < 4.78 is 20.8. The summed E-state index contributed by atoms with van der Waals surface area (Å²) in [4.78, 5) is 57.2. The minimum absolute atomic E-state index is 0.127. The van der Waals surface area contributed by atoms with Gasteiger partial charge in [-0.25, -0.2) is 0 Å². The van der Waals surface area contributed by atoms with Crippen LogP contribution < -0.4 is 5.32 Å². The molecule has 1 N–H and O–H groups in total. The molecule has 0 bridgehead atoms. The first-order valence-electron chi connectivity index (χ1n) is 8.43. The maximum absolute atomic E-state index is 11.6. The minimum atomic E-state index is -1.05. The number of esters is 4. The van der Waals surface area contributed by atoms with Crippen LogP contribution in [0.2, 0.25) is 0 Å². The van der Waals surface area contributed by atoms with Crippen molar-refractivity contribution in [1.82, 2.24) is 5.32 Å². The Morgan fingerprint density at radius 1 is 0.815 bits per heavy atom. The van der Waals surface area contributed by atoms with Crippen molar-refractivity contribution in [2.24, 2.45) is 5.92 Å². The molecular weight excluding hydrogens is 362 g/mol. The standard InChI is InChI=1S/C17H25NO9/c1-8(19)18-14(7-24-9(2)20)13-6-15(25-10(3)21)17(27-12(5)23)16(13)26-11(4)22/h13-17H,6-7H2,1-5H3,(H,18,19)/t13-,14-,15+,16+,17+/m0/s1. The third-order valence-corrected chi connectivity index (χ3v) is 3.91. The second kappa shape index (κ2) is 9.89. The summed E-state index contributed by atoms with van der Waals surface area (Å²) in [5, 5.41) is 2.64. The van der Waals surface area contributed by atoms with E-state index in [0.29, 0.717) is 0 Å². The van der Waals surface area contributed by atoms with Crippen LogP contribution >= 0.6 is 0 Å². The first-order valence-corrected chi connectivity index (χ1v) is 8.43. The van der Waals surface area contributed by atoms with Gasteiger partial charge in [0.25, 0.3) is 0 Å². The monoisotopic (exact) mass is 387 g/mol. The van der Waals surface area contributed by atoms with Crippen molar-refractivity contribution in [3.05, 3.63) is 0 Å². The van der Waals surface area contributed by atoms with E-state index < -0.39 is 60.1 Å². The summed E-state index contributed by atoms with van der Waals surface area (Å²) in [6.45, 7) is 5.86. The molecule has 0 spiro atoms. The Morgan fingerprint density at radius 2 is 1.33 bits per heavy atom. The van der Waals surface area contributed by atoms with Crippen LogP contribution in [0, 0.1) is 5.92 Å². The highest BCUT2D eigenvalue weighted by atomic mass is 16.6. The van der Waals surface area contributed by atoms with Gasteiger partial charge in [-0.15, -0.1) is 0 Å². The molecule has 1 saturated carbocycles. The van der Waals surface area contributed by atoms with Gasteiger partial charge < -0.3 is 24.3 Å². The normalized spacial score (nSPS) is 25.1. The Balaban J connectivity index is 3.20. The first-order chi connectivity index (χ1) is 12.5. The van der Waals surface area contributed by atoms with E-state index in [1.807, 2.05) is 0 Å². The average Bonchev–Trinajstić information content (AvgIpc) is 2.79. The molecule has 10 heteroatoms. The van der Waals surface area contributed by atoms with Crippen molar-refractivity contribution in [1.29, 1.82) is 0 Å². The van der Waals surface area contributed by atoms with E-state index in [4.69, 9.17) is 18.9 Å². The SMILES string of the molecule is CC(=O)N[C@@H](COC(C)=O)[C@@H]1C[C@@H](OC(C)=O)[C@@H](OC(C)=O)[C@@H]1OC(C)=O. The van der Waals surface area contributed by atoms with E-state index in [1.165, 1.54) is 34.6 Å². The smallest absolute Gasteiger partial charge is 0.303 e. The molecule has 0 aromatic heterocycles. The van der Waals surface area contributed by atoms with Gasteiger partial charge in [-0.3, -0.25) is 24.0 Å². The van der Waals surface area contributed by atoms with Crippen molar-refractivity contribution in [2.75, 3.05) is 6.61 Å². The fourth-order valence-electron chi connectivity index (χ4n) is 3.13. The van der Waals surface area contributed by atoms with Crippen LogP contribution in [0.15, 0.2) is 0 Å². The van der Waals surface area contributed by atoms with Gasteiger partial charge in [0.2, 0.25) is 5.91 Å². The third-order valence-electron chi connectivity index (χ3n) is 3.91. The van der Waals surface area contributed by atoms with Crippen LogP contribution in [0.4, 0.5) is 0 Å². The van der Waals surface area contributed by atoms with Gasteiger partial charge >= 0.3 is 23.9 Å². The average molecular weight is 387 g/mol. The Kier molecular flexibility index (Phi) is 8.20. The molecule has 0 aliphatic heterocycles. The fourth-order valence-corrected chi connectivity index (χ4v) is 3.13. The number of hydrogen-bond acceptors (Lipinski definition) is 9. The molecule has 5 atom stereocenters. The zero-order chi connectivity index (χ0) is 20.7. The van der Waals surface area contributed by atoms with Crippen molar-refractivity contribution in [3.8, 4) is 0 Å². The van der Waals surface area contributed by atoms with E-state index in [9.17, 15) is 24.0 Å². The van der Waals surface area contributed by atoms with E-state index >= 15 is 0 Å². The summed E-state index contributed by atoms with van der Waals surface area (Å²) in [7, 11) is 0. The Hall–Kier alpha value is -2.65. The van der Waals surface area contributed by atoms with Crippen LogP contribution in [0.25, 0.3) is 0 Å². The zero-order valence-electron chi connectivity index (χ0n) is 16.0. The maximum atomic E-state index is 11.6. The van der Waals surface area contributed by atoms with Crippen LogP contribution in [0.3, 0.4) is 0 Å². The highest BCUT2D eigenvalue weighted by molar-refractivity contribution is 5.73. The lowest BCUT2D eigenvalue weighted by atomic mass is 9.95. The summed E-state index contributed by atoms with van der Waals surface area (Å²) in [5.41, 5.74) is 0. The van der Waals surface area contributed by atoms with E-state index in [1.54, 1.807) is 0 Å². The van der Waals surface area contributed by atoms with Crippen molar-refractivity contribution >= 4 is 29.8 Å². The Morgan fingerprint density at radius 3 is 1.78 bits per heavy atom. The molecule has 152 valence electrons. The summed E-state index contributed by atoms with van der Waals surface area (Å²) in [6, 6.07) is -0.741. The number of rotatable bonds is 7. The highest BCUT2D eigenvalue weighted by Crippen LogP contribution is 2.36. The molecular formula is C17H25NO9. The molecule has 0 heterocycles. The Bertz CT molecular complexity index is 603. The van der Waals surface area contributed by atoms with Crippen LogP contribution in [-0.2, 0) is 42.9 Å². The molecule has 0 radical (unpaired) electrons. The quantitative estimate of drug-likeness (QED) is 0.468. The van der Waals surface area contributed by atoms with E-state index in [2.05, 4.69) is 5.32 Å². The molecule has 1 rings (SSSR count). The lowest BCUT2D eigenvalue weighted by Crippen LogP contribution is -2.48. The first kappa shape index (κ1) is 22.4. The lowest BCUT2D eigenvalue weighted by Gasteiger charge is -2.30. The second-order valence-electron chi connectivity index (χ2n) is 6.31. The van der Waals surface area contributed by atoms with Gasteiger partial charge in [-0.1, -0.05) is 0 Å². The second-order valence-corrected chi connectivity index (χ2v) is 6.31.